The van der Waals surface area contributed by atoms with Crippen LogP contribution in [0.2, 0.25) is 0 Å². The predicted octanol–water partition coefficient (Wildman–Crippen LogP) is 3.59. The molecule has 0 bridgehead atoms. The van der Waals surface area contributed by atoms with Crippen molar-refractivity contribution in [2.45, 2.75) is 59.3 Å². The van der Waals surface area contributed by atoms with Crippen molar-refractivity contribution in [3.8, 4) is 0 Å². The Labute approximate surface area is 113 Å². The summed E-state index contributed by atoms with van der Waals surface area (Å²) < 4.78 is 0. The van der Waals surface area contributed by atoms with Gasteiger partial charge in [0, 0.05) is 19.5 Å². The molecule has 0 aromatic rings. The van der Waals surface area contributed by atoms with Crippen LogP contribution in [0.4, 0.5) is 0 Å². The molecule has 102 valence electrons. The number of thiocarbonyl (C=S) groups is 1. The van der Waals surface area contributed by atoms with Gasteiger partial charge in [-0.25, -0.2) is 0 Å². The lowest BCUT2D eigenvalue weighted by molar-refractivity contribution is 0.245. The second-order valence-corrected chi connectivity index (χ2v) is 5.85. The molecular formula is C14H30N2S. The van der Waals surface area contributed by atoms with Crippen LogP contribution in [0.25, 0.3) is 0 Å². The van der Waals surface area contributed by atoms with E-state index in [9.17, 15) is 0 Å². The maximum absolute atomic E-state index is 5.57. The quantitative estimate of drug-likeness (QED) is 0.453. The molecule has 0 aromatic heterocycles. The van der Waals surface area contributed by atoms with E-state index in [1.54, 1.807) is 0 Å². The molecular weight excluding hydrogens is 228 g/mol. The van der Waals surface area contributed by atoms with Crippen LogP contribution in [0.15, 0.2) is 0 Å². The van der Waals surface area contributed by atoms with E-state index in [0.717, 1.165) is 25.4 Å². The summed E-state index contributed by atoms with van der Waals surface area (Å²) in [5.74, 6) is 0.719. The minimum Gasteiger partial charge on any atom is -0.393 e. The molecule has 0 radical (unpaired) electrons. The lowest BCUT2D eigenvalue weighted by Gasteiger charge is -2.24. The normalized spacial score (nSPS) is 11.4. The van der Waals surface area contributed by atoms with Crippen LogP contribution in [0.5, 0.6) is 0 Å². The number of hydrogen-bond donors (Lipinski definition) is 1. The molecule has 3 heteroatoms. The minimum absolute atomic E-state index is 0.643. The number of nitrogens with zero attached hydrogens (tertiary/aromatic N) is 1. The lowest BCUT2D eigenvalue weighted by atomic mass is 10.1. The van der Waals surface area contributed by atoms with Crippen LogP contribution in [0, 0.1) is 5.92 Å². The topological polar surface area (TPSA) is 29.3 Å². The van der Waals surface area contributed by atoms with Crippen molar-refractivity contribution in [1.29, 1.82) is 0 Å². The van der Waals surface area contributed by atoms with E-state index in [4.69, 9.17) is 18.0 Å². The van der Waals surface area contributed by atoms with E-state index in [1.165, 1.54) is 38.6 Å². The monoisotopic (exact) mass is 258 g/mol. The molecule has 2 nitrogen and oxygen atoms in total. The average Bonchev–Trinajstić information content (AvgIpc) is 2.24. The summed E-state index contributed by atoms with van der Waals surface area (Å²) in [6.07, 6.45) is 7.59. The van der Waals surface area contributed by atoms with E-state index in [0.29, 0.717) is 4.99 Å². The Balaban J connectivity index is 3.72. The van der Waals surface area contributed by atoms with Gasteiger partial charge in [-0.1, -0.05) is 58.7 Å². The molecule has 0 aliphatic heterocycles. The Morgan fingerprint density at radius 2 is 1.76 bits per heavy atom. The fourth-order valence-corrected chi connectivity index (χ4v) is 2.11. The largest absolute Gasteiger partial charge is 0.393 e. The second-order valence-electron chi connectivity index (χ2n) is 5.32. The van der Waals surface area contributed by atoms with E-state index in [2.05, 4.69) is 25.7 Å². The van der Waals surface area contributed by atoms with Gasteiger partial charge in [-0.15, -0.1) is 0 Å². The molecule has 0 spiro atoms. The van der Waals surface area contributed by atoms with Gasteiger partial charge in [0.15, 0.2) is 0 Å². The highest BCUT2D eigenvalue weighted by Gasteiger charge is 2.07. The molecule has 0 aliphatic carbocycles. The summed E-state index contributed by atoms with van der Waals surface area (Å²) >= 11 is 4.95. The van der Waals surface area contributed by atoms with Gasteiger partial charge >= 0.3 is 0 Å². The molecule has 0 aliphatic rings. The number of rotatable bonds is 11. The summed E-state index contributed by atoms with van der Waals surface area (Å²) in [6.45, 7) is 10.2. The SMILES string of the molecule is CCCCCCCN(CCC(N)=S)CC(C)C. The summed E-state index contributed by atoms with van der Waals surface area (Å²) in [4.78, 5) is 3.15. The highest BCUT2D eigenvalue weighted by atomic mass is 32.1. The zero-order chi connectivity index (χ0) is 13.1. The van der Waals surface area contributed by atoms with Crippen molar-refractivity contribution in [2.24, 2.45) is 11.7 Å². The average molecular weight is 258 g/mol. The molecule has 0 rings (SSSR count). The van der Waals surface area contributed by atoms with Gasteiger partial charge in [-0.2, -0.15) is 0 Å². The zero-order valence-corrected chi connectivity index (χ0v) is 12.7. The molecule has 17 heavy (non-hydrogen) atoms. The highest BCUT2D eigenvalue weighted by Crippen LogP contribution is 2.06. The summed E-state index contributed by atoms with van der Waals surface area (Å²) in [5, 5.41) is 0. The van der Waals surface area contributed by atoms with Gasteiger partial charge in [0.25, 0.3) is 0 Å². The molecule has 0 atom stereocenters. The Morgan fingerprint density at radius 3 is 2.29 bits per heavy atom. The van der Waals surface area contributed by atoms with Crippen molar-refractivity contribution >= 4 is 17.2 Å². The second kappa shape index (κ2) is 11.0. The highest BCUT2D eigenvalue weighted by molar-refractivity contribution is 7.80. The fraction of sp³-hybridized carbons (Fsp3) is 0.929. The minimum atomic E-state index is 0.643. The molecule has 2 N–H and O–H groups in total. The fourth-order valence-electron chi connectivity index (χ4n) is 2.02. The number of hydrogen-bond acceptors (Lipinski definition) is 2. The van der Waals surface area contributed by atoms with E-state index < -0.39 is 0 Å². The Hall–Kier alpha value is -0.150. The smallest absolute Gasteiger partial charge is 0.0740 e. The Bertz CT molecular complexity index is 193. The van der Waals surface area contributed by atoms with Crippen molar-refractivity contribution < 1.29 is 0 Å². The van der Waals surface area contributed by atoms with Crippen LogP contribution in [0.3, 0.4) is 0 Å². The molecule has 0 amide bonds. The molecule has 0 saturated heterocycles. The summed E-state index contributed by atoms with van der Waals surface area (Å²) in [6, 6.07) is 0. The van der Waals surface area contributed by atoms with Crippen LogP contribution >= 0.6 is 12.2 Å². The Kier molecular flexibility index (Phi) is 10.9. The maximum atomic E-state index is 5.57. The van der Waals surface area contributed by atoms with Crippen LogP contribution in [-0.2, 0) is 0 Å². The van der Waals surface area contributed by atoms with Gasteiger partial charge in [-0.05, 0) is 18.9 Å². The third kappa shape index (κ3) is 12.1. The van der Waals surface area contributed by atoms with Crippen LogP contribution in [0.1, 0.15) is 59.3 Å². The first-order valence-electron chi connectivity index (χ1n) is 7.07. The number of nitrogens with two attached hydrogens (primary N) is 1. The third-order valence-electron chi connectivity index (χ3n) is 2.88. The standard InChI is InChI=1S/C14H30N2S/c1-4-5-6-7-8-10-16(12-13(2)3)11-9-14(15)17/h13H,4-12H2,1-3H3,(H2,15,17). The van der Waals surface area contributed by atoms with Crippen LogP contribution in [-0.4, -0.2) is 29.5 Å². The van der Waals surface area contributed by atoms with E-state index in [-0.39, 0.29) is 0 Å². The molecule has 0 saturated carbocycles. The van der Waals surface area contributed by atoms with Crippen LogP contribution < -0.4 is 5.73 Å². The van der Waals surface area contributed by atoms with Crippen molar-refractivity contribution in [2.75, 3.05) is 19.6 Å². The zero-order valence-electron chi connectivity index (χ0n) is 11.9. The summed E-state index contributed by atoms with van der Waals surface area (Å²) in [7, 11) is 0. The Morgan fingerprint density at radius 1 is 1.12 bits per heavy atom. The third-order valence-corrected chi connectivity index (χ3v) is 3.08. The van der Waals surface area contributed by atoms with Gasteiger partial charge in [0.2, 0.25) is 0 Å². The first kappa shape index (κ1) is 16.9. The van der Waals surface area contributed by atoms with Gasteiger partial charge in [0.1, 0.15) is 0 Å². The van der Waals surface area contributed by atoms with Gasteiger partial charge < -0.3 is 10.6 Å². The van der Waals surface area contributed by atoms with E-state index in [1.807, 2.05) is 0 Å². The summed E-state index contributed by atoms with van der Waals surface area (Å²) in [5.41, 5.74) is 5.57. The van der Waals surface area contributed by atoms with Gasteiger partial charge in [-0.3, -0.25) is 0 Å². The maximum Gasteiger partial charge on any atom is 0.0740 e. The predicted molar refractivity (Wildman–Crippen MR) is 81.4 cm³/mol. The molecule has 0 fully saturated rings. The molecule has 0 aromatic carbocycles. The molecule has 0 heterocycles. The lowest BCUT2D eigenvalue weighted by Crippen LogP contribution is -2.32. The van der Waals surface area contributed by atoms with Gasteiger partial charge in [0.05, 0.1) is 4.99 Å². The number of unbranched alkanes of at least 4 members (excludes halogenated alkanes) is 4. The van der Waals surface area contributed by atoms with Crippen molar-refractivity contribution in [3.63, 3.8) is 0 Å². The van der Waals surface area contributed by atoms with Crippen molar-refractivity contribution in [3.05, 3.63) is 0 Å². The first-order valence-corrected chi connectivity index (χ1v) is 7.47. The van der Waals surface area contributed by atoms with Crippen molar-refractivity contribution in [1.82, 2.24) is 4.90 Å². The molecule has 0 unspecified atom stereocenters. The van der Waals surface area contributed by atoms with E-state index >= 15 is 0 Å². The first-order chi connectivity index (χ1) is 8.06.